The third-order valence-electron chi connectivity index (χ3n) is 18.3. The van der Waals surface area contributed by atoms with Crippen molar-refractivity contribution in [3.63, 3.8) is 0 Å². The number of hydrogen-bond donors (Lipinski definition) is 0. The van der Waals surface area contributed by atoms with Crippen LogP contribution in [0.1, 0.15) is 89.2 Å². The Kier molecular flexibility index (Phi) is 27.1. The Hall–Kier alpha value is -9.91. The number of aromatic nitrogens is 2. The molecule has 0 aliphatic carbocycles. The van der Waals surface area contributed by atoms with Gasteiger partial charge >= 0.3 is 0 Å². The summed E-state index contributed by atoms with van der Waals surface area (Å²) in [6.45, 7) is 6.81. The first kappa shape index (κ1) is 83.7. The maximum absolute atomic E-state index is 15.3. The zero-order valence-corrected chi connectivity index (χ0v) is 55.7. The zero-order valence-electron chi connectivity index (χ0n) is 55.7. The van der Waals surface area contributed by atoms with Crippen molar-refractivity contribution in [1.82, 2.24) is 0 Å². The molecule has 10 rings (SSSR count). The topological polar surface area (TPSA) is 7.76 Å². The molecule has 0 saturated carbocycles. The van der Waals surface area contributed by atoms with Gasteiger partial charge in [0.2, 0.25) is 0 Å². The Morgan fingerprint density at radius 2 is 0.370 bits per heavy atom. The van der Waals surface area contributed by atoms with Gasteiger partial charge in [0, 0.05) is 37.1 Å². The number of rotatable bonds is 23. The largest absolute Gasteiger partial charge is 0.207 e. The van der Waals surface area contributed by atoms with Gasteiger partial charge in [0.15, 0.2) is 129 Å². The van der Waals surface area contributed by atoms with Crippen molar-refractivity contribution in [2.75, 3.05) is 0 Å². The fraction of sp³-hybridized carbons (Fsp3) is 0.216. The van der Waals surface area contributed by atoms with Crippen molar-refractivity contribution in [3.05, 3.63) is 295 Å². The summed E-state index contributed by atoms with van der Waals surface area (Å²) in [4.78, 5) is 0. The summed E-state index contributed by atoms with van der Waals surface area (Å²) < 4.78 is 445. The first-order chi connectivity index (χ1) is 51.0. The first-order valence-electron chi connectivity index (χ1n) is 32.6. The van der Waals surface area contributed by atoms with E-state index in [4.69, 9.17) is 0 Å². The van der Waals surface area contributed by atoms with Gasteiger partial charge in [-0.05, 0) is 24.0 Å². The Bertz CT molecular complexity index is 4150. The summed E-state index contributed by atoms with van der Waals surface area (Å²) in [6, 6.07) is 18.9. The molecule has 0 bridgehead atoms. The van der Waals surface area contributed by atoms with Crippen LogP contribution in [0.15, 0.2) is 110 Å². The maximum Gasteiger partial charge on any atom is 0.200 e. The lowest BCUT2D eigenvalue weighted by atomic mass is 9.13. The molecule has 10 aromatic rings. The average Bonchev–Trinajstić information content (AvgIpc) is 0.703. The molecule has 0 saturated heterocycles. The molecule has 574 valence electrons. The van der Waals surface area contributed by atoms with Crippen molar-refractivity contribution >= 4 is 45.1 Å². The number of hydrogen-bond acceptors (Lipinski definition) is 0. The second-order valence-corrected chi connectivity index (χ2v) is 24.8. The van der Waals surface area contributed by atoms with Crippen LogP contribution in [0.4, 0.5) is 132 Å². The van der Waals surface area contributed by atoms with Gasteiger partial charge in [-0.15, -0.1) is 45.4 Å². The van der Waals surface area contributed by atoms with Crippen LogP contribution in [0.5, 0.6) is 0 Å². The number of benzene rings is 8. The molecule has 0 aliphatic rings. The van der Waals surface area contributed by atoms with E-state index in [9.17, 15) is 79.0 Å². The Labute approximate surface area is 594 Å². The fourth-order valence-electron chi connectivity index (χ4n) is 13.1. The quantitative estimate of drug-likeness (QED) is 0.0151. The van der Waals surface area contributed by atoms with Crippen molar-refractivity contribution < 1.29 is 141 Å². The lowest BCUT2D eigenvalue weighted by Crippen LogP contribution is -2.74. The average molecular weight is 1560 g/mol. The molecule has 108 heavy (non-hydrogen) atoms. The van der Waals surface area contributed by atoms with Gasteiger partial charge in [-0.1, -0.05) is 124 Å². The van der Waals surface area contributed by atoms with Crippen molar-refractivity contribution in [1.29, 1.82) is 0 Å². The van der Waals surface area contributed by atoms with Crippen molar-refractivity contribution in [3.8, 4) is 11.1 Å². The number of halogens is 30. The number of aryl methyl sites for hydroxylation is 2. The molecule has 34 heteroatoms. The summed E-state index contributed by atoms with van der Waals surface area (Å²) in [5.41, 5.74) is -14.4. The summed E-state index contributed by atoms with van der Waals surface area (Å²) >= 11 is 0. The monoisotopic (exact) mass is 1560 g/mol. The molecule has 8 aromatic carbocycles. The standard InChI is InChI=1S/2C25H7BF15.C24H38N2/c2*27-11-8(12(28)18(34)23(39)17(11)33)26(6-7-4-2-1-3-5-7,9-13(29)19(35)24(40)20(36)14(9)30)10-15(31)21(37)25(41)22(38)16(10)32;1-3-5-7-9-11-17-25-19-13-23(14-20-25)24-15-21-26(22-16-24)18-12-10-8-6-4-2/h2*1-5H,6H2;13-16,19-22H,3-12,17-18H2,1-2H3/q2*-1;+2. The lowest BCUT2D eigenvalue weighted by molar-refractivity contribution is -0.697. The molecular weight excluding hydrogens is 1510 g/mol. The molecule has 0 atom stereocenters. The molecule has 0 aliphatic heterocycles. The van der Waals surface area contributed by atoms with Gasteiger partial charge in [-0.3, -0.25) is 0 Å². The summed E-state index contributed by atoms with van der Waals surface area (Å²) in [7, 11) is 0. The third kappa shape index (κ3) is 15.9. The van der Waals surface area contributed by atoms with Crippen LogP contribution in [0.25, 0.3) is 11.1 Å². The minimum absolute atomic E-state index is 0.607. The van der Waals surface area contributed by atoms with E-state index in [0.29, 0.717) is 0 Å². The maximum atomic E-state index is 15.3. The van der Waals surface area contributed by atoms with E-state index in [1.165, 1.54) is 87.5 Å². The van der Waals surface area contributed by atoms with Crippen molar-refractivity contribution in [2.24, 2.45) is 0 Å². The highest BCUT2D eigenvalue weighted by molar-refractivity contribution is 7.12. The van der Waals surface area contributed by atoms with Crippen LogP contribution in [-0.2, 0) is 25.7 Å². The molecule has 0 N–H and O–H groups in total. The number of unbranched alkanes of at least 4 members (excludes halogenated alkanes) is 8. The van der Waals surface area contributed by atoms with E-state index < -0.39 is 243 Å². The molecular formula is C74H52B2F30N2. The second kappa shape index (κ2) is 35.0. The minimum Gasteiger partial charge on any atom is -0.207 e. The molecule has 0 fully saturated rings. The minimum atomic E-state index is -5.59. The van der Waals surface area contributed by atoms with E-state index in [-0.39, 0.29) is 0 Å². The Balaban J connectivity index is 0.000000210. The van der Waals surface area contributed by atoms with Crippen LogP contribution in [0, 0.1) is 175 Å². The normalized spacial score (nSPS) is 11.7. The lowest BCUT2D eigenvalue weighted by Gasteiger charge is -2.44. The van der Waals surface area contributed by atoms with Crippen LogP contribution < -0.4 is 41.9 Å². The molecule has 2 aromatic heterocycles. The number of nitrogens with zero attached hydrogens (tertiary/aromatic N) is 2. The molecule has 0 radical (unpaired) electrons. The van der Waals surface area contributed by atoms with Gasteiger partial charge in [0.05, 0.1) is 0 Å². The highest BCUT2D eigenvalue weighted by atomic mass is 19.2. The van der Waals surface area contributed by atoms with E-state index in [1.807, 2.05) is 0 Å². The summed E-state index contributed by atoms with van der Waals surface area (Å²) in [6.07, 6.45) is 7.46. The van der Waals surface area contributed by atoms with Crippen LogP contribution in [0.3, 0.4) is 0 Å². The van der Waals surface area contributed by atoms with E-state index in [2.05, 4.69) is 72.0 Å². The predicted octanol–water partition coefficient (Wildman–Crippen LogP) is 17.9. The predicted molar refractivity (Wildman–Crippen MR) is 337 cm³/mol. The highest BCUT2D eigenvalue weighted by Crippen LogP contribution is 2.34. The van der Waals surface area contributed by atoms with Gasteiger partial charge in [0.1, 0.15) is 95.2 Å². The Morgan fingerprint density at radius 1 is 0.204 bits per heavy atom. The molecule has 0 unspecified atom stereocenters. The highest BCUT2D eigenvalue weighted by Gasteiger charge is 2.50. The molecule has 2 heterocycles. The molecule has 2 nitrogen and oxygen atoms in total. The third-order valence-corrected chi connectivity index (χ3v) is 18.3. The van der Waals surface area contributed by atoms with Crippen LogP contribution in [-0.4, -0.2) is 12.3 Å². The number of pyridine rings is 2. The van der Waals surface area contributed by atoms with E-state index in [0.717, 1.165) is 61.6 Å². The molecule has 0 amide bonds. The van der Waals surface area contributed by atoms with E-state index in [1.54, 1.807) is 0 Å². The fourth-order valence-corrected chi connectivity index (χ4v) is 13.1. The van der Waals surface area contributed by atoms with Crippen LogP contribution >= 0.6 is 0 Å². The van der Waals surface area contributed by atoms with Gasteiger partial charge < -0.3 is 0 Å². The van der Waals surface area contributed by atoms with Crippen LogP contribution in [0.2, 0.25) is 0 Å². The SMILES string of the molecule is CCCCCCC[n+]1ccc(-c2cc[n+](CCCCCCC)cc2)cc1.Fc1c(F)c(F)c([B-](Cc2ccccc2)(c2c(F)c(F)c(F)c(F)c2F)c2c(F)c(F)c(F)c(F)c2F)c(F)c1F.Fc1c(F)c(F)c([B-](Cc2ccccc2)(c2c(F)c(F)c(F)c(F)c2F)c2c(F)c(F)c(F)c(F)c2F)c(F)c1F. The summed E-state index contributed by atoms with van der Waals surface area (Å²) in [5.74, 6) is -90.4. The first-order valence-corrected chi connectivity index (χ1v) is 32.6. The van der Waals surface area contributed by atoms with E-state index >= 15 is 52.7 Å². The van der Waals surface area contributed by atoms with Gasteiger partial charge in [0.25, 0.3) is 0 Å². The van der Waals surface area contributed by atoms with Gasteiger partial charge in [-0.2, -0.15) is 0 Å². The van der Waals surface area contributed by atoms with Crippen molar-refractivity contribution in [2.45, 2.75) is 104 Å². The Morgan fingerprint density at radius 3 is 0.546 bits per heavy atom. The zero-order chi connectivity index (χ0) is 79.9. The molecule has 0 spiro atoms. The second-order valence-electron chi connectivity index (χ2n) is 24.8. The summed E-state index contributed by atoms with van der Waals surface area (Å²) in [5, 5.41) is 0. The van der Waals surface area contributed by atoms with Gasteiger partial charge in [-0.25, -0.2) is 141 Å². The smallest absolute Gasteiger partial charge is 0.200 e.